The first-order valence-electron chi connectivity index (χ1n) is 6.16. The highest BCUT2D eigenvalue weighted by Gasteiger charge is 2.12. The Morgan fingerprint density at radius 1 is 1.18 bits per heavy atom. The number of carboxylic acids is 1. The van der Waals surface area contributed by atoms with E-state index in [-0.39, 0.29) is 19.1 Å². The lowest BCUT2D eigenvalue weighted by Crippen LogP contribution is -2.11. The molecule has 1 atom stereocenters. The molecule has 0 bridgehead atoms. The first-order valence-corrected chi connectivity index (χ1v) is 6.16. The normalized spacial score (nSPS) is 11.5. The van der Waals surface area contributed by atoms with E-state index in [9.17, 15) is 4.79 Å². The molecule has 0 aliphatic carbocycles. The van der Waals surface area contributed by atoms with Gasteiger partial charge in [-0.2, -0.15) is 0 Å². The molecule has 0 spiro atoms. The van der Waals surface area contributed by atoms with E-state index in [2.05, 4.69) is 11.7 Å². The summed E-state index contributed by atoms with van der Waals surface area (Å²) < 4.78 is 4.63. The Hall–Kier alpha value is -0.650. The number of ether oxygens (including phenoxy) is 1. The maximum atomic E-state index is 10.4. The molecule has 0 aromatic rings. The van der Waals surface area contributed by atoms with Crippen molar-refractivity contribution in [1.29, 1.82) is 0 Å². The van der Waals surface area contributed by atoms with Gasteiger partial charge in [0.25, 0.3) is 0 Å². The molecule has 0 radical (unpaired) electrons. The topological polar surface area (TPSA) is 87.0 Å². The largest absolute Gasteiger partial charge is 0.481 e. The molecule has 0 heterocycles. The summed E-state index contributed by atoms with van der Waals surface area (Å²) in [6.07, 6.45) is 3.71. The minimum atomic E-state index is -0.643. The maximum Gasteiger partial charge on any atom is 0.306 e. The number of aliphatic carboxylic acids is 1. The molecule has 0 saturated carbocycles. The Labute approximate surface area is 103 Å². The maximum absolute atomic E-state index is 10.4. The fraction of sp³-hybridized carbons (Fsp3) is 0.917. The number of aliphatic hydroxyl groups excluding tert-OH is 2. The van der Waals surface area contributed by atoms with Gasteiger partial charge in [0, 0.05) is 0 Å². The third-order valence-electron chi connectivity index (χ3n) is 2.22. The van der Waals surface area contributed by atoms with Gasteiger partial charge in [0.1, 0.15) is 0 Å². The Kier molecular flexibility index (Phi) is 16.9. The second-order valence-electron chi connectivity index (χ2n) is 3.65. The van der Waals surface area contributed by atoms with Crippen LogP contribution in [0.15, 0.2) is 0 Å². The van der Waals surface area contributed by atoms with E-state index in [0.717, 1.165) is 25.7 Å². The van der Waals surface area contributed by atoms with Crippen LogP contribution < -0.4 is 0 Å². The minimum absolute atomic E-state index is 0.0278. The molecule has 0 fully saturated rings. The van der Waals surface area contributed by atoms with Gasteiger partial charge in [-0.25, -0.2) is 0 Å². The molecule has 0 aliphatic rings. The van der Waals surface area contributed by atoms with Crippen molar-refractivity contribution in [2.75, 3.05) is 26.4 Å². The van der Waals surface area contributed by atoms with Gasteiger partial charge in [0.2, 0.25) is 0 Å². The highest BCUT2D eigenvalue weighted by molar-refractivity contribution is 5.69. The van der Waals surface area contributed by atoms with Gasteiger partial charge in [-0.05, 0) is 12.8 Å². The van der Waals surface area contributed by atoms with Crippen LogP contribution in [0.25, 0.3) is 0 Å². The summed E-state index contributed by atoms with van der Waals surface area (Å²) in [5, 5.41) is 24.8. The van der Waals surface area contributed by atoms with Crippen molar-refractivity contribution in [1.82, 2.24) is 0 Å². The van der Waals surface area contributed by atoms with E-state index in [4.69, 9.17) is 15.3 Å². The van der Waals surface area contributed by atoms with Crippen LogP contribution in [0.3, 0.4) is 0 Å². The minimum Gasteiger partial charge on any atom is -0.481 e. The van der Waals surface area contributed by atoms with Gasteiger partial charge >= 0.3 is 5.97 Å². The summed E-state index contributed by atoms with van der Waals surface area (Å²) >= 11 is 0. The van der Waals surface area contributed by atoms with Crippen molar-refractivity contribution in [2.45, 2.75) is 39.5 Å². The number of rotatable bonds is 9. The molecule has 0 aromatic heterocycles. The number of carboxylic acid groups (broad SMARTS) is 1. The quantitative estimate of drug-likeness (QED) is 0.536. The predicted octanol–water partition coefficient (Wildman–Crippen LogP) is 1.28. The lowest BCUT2D eigenvalue weighted by atomic mass is 10.00. The number of aliphatic hydroxyl groups is 2. The van der Waals surface area contributed by atoms with Crippen molar-refractivity contribution in [3.63, 3.8) is 0 Å². The van der Waals surface area contributed by atoms with Crippen LogP contribution in [-0.2, 0) is 9.53 Å². The van der Waals surface area contributed by atoms with Crippen LogP contribution in [-0.4, -0.2) is 47.7 Å². The van der Waals surface area contributed by atoms with Crippen LogP contribution in [0.5, 0.6) is 0 Å². The van der Waals surface area contributed by atoms with E-state index in [1.165, 1.54) is 0 Å². The van der Waals surface area contributed by atoms with Gasteiger partial charge in [0.05, 0.1) is 32.3 Å². The summed E-state index contributed by atoms with van der Waals surface area (Å²) in [6.45, 7) is 4.70. The molecule has 0 amide bonds. The fourth-order valence-corrected chi connectivity index (χ4v) is 1.18. The number of hydrogen-bond acceptors (Lipinski definition) is 4. The Morgan fingerprint density at radius 3 is 2.00 bits per heavy atom. The van der Waals surface area contributed by atoms with Crippen LogP contribution in [0, 0.1) is 5.92 Å². The zero-order valence-corrected chi connectivity index (χ0v) is 10.9. The molecule has 104 valence electrons. The second-order valence-corrected chi connectivity index (χ2v) is 3.65. The van der Waals surface area contributed by atoms with Crippen molar-refractivity contribution in [2.24, 2.45) is 5.92 Å². The molecule has 17 heavy (non-hydrogen) atoms. The third kappa shape index (κ3) is 15.4. The molecule has 1 unspecified atom stereocenters. The average Bonchev–Trinajstić information content (AvgIpc) is 2.31. The van der Waals surface area contributed by atoms with E-state index in [1.807, 2.05) is 6.92 Å². The number of unbranched alkanes of at least 4 members (excludes halogenated alkanes) is 1. The second kappa shape index (κ2) is 15.4. The van der Waals surface area contributed by atoms with Crippen molar-refractivity contribution >= 4 is 5.97 Å². The lowest BCUT2D eigenvalue weighted by Gasteiger charge is -2.06. The van der Waals surface area contributed by atoms with Crippen molar-refractivity contribution < 1.29 is 24.9 Å². The summed E-state index contributed by atoms with van der Waals surface area (Å²) in [7, 11) is 0. The highest BCUT2D eigenvalue weighted by Crippen LogP contribution is 2.11. The molecular formula is C12H26O5. The predicted molar refractivity (Wildman–Crippen MR) is 65.9 cm³/mol. The average molecular weight is 250 g/mol. The summed E-state index contributed by atoms with van der Waals surface area (Å²) in [5.74, 6) is -0.754. The van der Waals surface area contributed by atoms with E-state index >= 15 is 0 Å². The van der Waals surface area contributed by atoms with Gasteiger partial charge in [-0.15, -0.1) is 0 Å². The first kappa shape index (κ1) is 18.7. The van der Waals surface area contributed by atoms with E-state index < -0.39 is 5.97 Å². The smallest absolute Gasteiger partial charge is 0.306 e. The van der Waals surface area contributed by atoms with Crippen molar-refractivity contribution in [3.8, 4) is 0 Å². The Bertz CT molecular complexity index is 157. The van der Waals surface area contributed by atoms with Gasteiger partial charge in [-0.3, -0.25) is 4.79 Å². The number of hydrogen-bond donors (Lipinski definition) is 3. The molecule has 5 nitrogen and oxygen atoms in total. The standard InChI is InChI=1S/C8H16O2.C4H10O3/c1-3-5-6-7(4-2)8(9)10;5-1-3-7-4-2-6/h7H,3-6H2,1-2H3,(H,9,10);5-6H,1-4H2. The van der Waals surface area contributed by atoms with Gasteiger partial charge in [-0.1, -0.05) is 26.7 Å². The number of carbonyl (C=O) groups is 1. The molecule has 0 aliphatic heterocycles. The summed E-state index contributed by atoms with van der Waals surface area (Å²) in [4.78, 5) is 10.4. The van der Waals surface area contributed by atoms with Crippen LogP contribution in [0.4, 0.5) is 0 Å². The zero-order valence-electron chi connectivity index (χ0n) is 10.9. The van der Waals surface area contributed by atoms with Gasteiger partial charge in [0.15, 0.2) is 0 Å². The molecule has 5 heteroatoms. The molecule has 0 rings (SSSR count). The first-order chi connectivity index (χ1) is 8.13. The molecule has 0 aromatic carbocycles. The molecule has 3 N–H and O–H groups in total. The summed E-state index contributed by atoms with van der Waals surface area (Å²) in [5.41, 5.74) is 0. The molecule has 0 saturated heterocycles. The SMILES string of the molecule is CCCCC(CC)C(=O)O.OCCOCCO. The summed E-state index contributed by atoms with van der Waals surface area (Å²) in [6, 6.07) is 0. The van der Waals surface area contributed by atoms with Crippen LogP contribution in [0.1, 0.15) is 39.5 Å². The lowest BCUT2D eigenvalue weighted by molar-refractivity contribution is -0.142. The van der Waals surface area contributed by atoms with Gasteiger partial charge < -0.3 is 20.1 Å². The van der Waals surface area contributed by atoms with Crippen LogP contribution >= 0.6 is 0 Å². The Balaban J connectivity index is 0. The fourth-order valence-electron chi connectivity index (χ4n) is 1.18. The van der Waals surface area contributed by atoms with Crippen LogP contribution in [0.2, 0.25) is 0 Å². The van der Waals surface area contributed by atoms with Crippen molar-refractivity contribution in [3.05, 3.63) is 0 Å². The van der Waals surface area contributed by atoms with E-state index in [0.29, 0.717) is 13.2 Å². The zero-order chi connectivity index (χ0) is 13.5. The monoisotopic (exact) mass is 250 g/mol. The highest BCUT2D eigenvalue weighted by atomic mass is 16.5. The third-order valence-corrected chi connectivity index (χ3v) is 2.22. The van der Waals surface area contributed by atoms with E-state index in [1.54, 1.807) is 0 Å². The molecular weight excluding hydrogens is 224 g/mol. The Morgan fingerprint density at radius 2 is 1.71 bits per heavy atom.